The number of hydrogen-bond donors (Lipinski definition) is 1. The van der Waals surface area contributed by atoms with Crippen LogP contribution in [0.15, 0.2) is 24.3 Å². The second-order valence-corrected chi connectivity index (χ2v) is 7.44. The van der Waals surface area contributed by atoms with Gasteiger partial charge in [-0.1, -0.05) is 12.1 Å². The Morgan fingerprint density at radius 1 is 1.04 bits per heavy atom. The van der Waals surface area contributed by atoms with Gasteiger partial charge in [0.2, 0.25) is 0 Å². The van der Waals surface area contributed by atoms with Gasteiger partial charge in [0.15, 0.2) is 0 Å². The Hall–Kier alpha value is -0.970. The topological polar surface area (TPSA) is 18.5 Å². The van der Waals surface area contributed by atoms with Gasteiger partial charge in [-0.15, -0.1) is 0 Å². The molecule has 3 nitrogen and oxygen atoms in total. The normalized spacial score (nSPS) is 27.9. The summed E-state index contributed by atoms with van der Waals surface area (Å²) in [6.45, 7) is 8.05. The summed E-state index contributed by atoms with van der Waals surface area (Å²) in [5.41, 5.74) is 1.23. The van der Waals surface area contributed by atoms with Crippen molar-refractivity contribution in [3.8, 4) is 0 Å². The van der Waals surface area contributed by atoms with Crippen LogP contribution in [0.2, 0.25) is 0 Å². The van der Waals surface area contributed by atoms with E-state index in [-0.39, 0.29) is 5.82 Å². The van der Waals surface area contributed by atoms with Gasteiger partial charge in [-0.05, 0) is 70.9 Å². The van der Waals surface area contributed by atoms with Crippen LogP contribution in [0.4, 0.5) is 4.39 Å². The molecule has 128 valence electrons. The largest absolute Gasteiger partial charge is 0.309 e. The predicted molar refractivity (Wildman–Crippen MR) is 93.0 cm³/mol. The molecule has 2 fully saturated rings. The second-order valence-electron chi connectivity index (χ2n) is 7.44. The van der Waals surface area contributed by atoms with E-state index in [4.69, 9.17) is 0 Å². The molecule has 2 heterocycles. The van der Waals surface area contributed by atoms with Crippen molar-refractivity contribution >= 4 is 0 Å². The average molecular weight is 319 g/mol. The first-order valence-corrected chi connectivity index (χ1v) is 9.00. The van der Waals surface area contributed by atoms with Crippen LogP contribution in [0.25, 0.3) is 0 Å². The van der Waals surface area contributed by atoms with Gasteiger partial charge in [0.05, 0.1) is 0 Å². The molecule has 0 amide bonds. The summed E-state index contributed by atoms with van der Waals surface area (Å²) >= 11 is 0. The van der Waals surface area contributed by atoms with Crippen LogP contribution in [0.5, 0.6) is 0 Å². The number of likely N-dealkylation sites (tertiary alicyclic amines) is 2. The number of benzene rings is 1. The molecule has 23 heavy (non-hydrogen) atoms. The molecule has 1 aromatic rings. The van der Waals surface area contributed by atoms with Gasteiger partial charge in [0, 0.05) is 30.7 Å². The van der Waals surface area contributed by atoms with Gasteiger partial charge in [-0.25, -0.2) is 4.39 Å². The van der Waals surface area contributed by atoms with Gasteiger partial charge in [-0.3, -0.25) is 4.90 Å². The fourth-order valence-corrected chi connectivity index (χ4v) is 4.15. The van der Waals surface area contributed by atoms with E-state index < -0.39 is 0 Å². The van der Waals surface area contributed by atoms with Crippen molar-refractivity contribution in [3.05, 3.63) is 35.6 Å². The lowest BCUT2D eigenvalue weighted by atomic mass is 9.97. The first-order valence-electron chi connectivity index (χ1n) is 9.00. The van der Waals surface area contributed by atoms with Crippen LogP contribution in [0.1, 0.15) is 44.7 Å². The van der Waals surface area contributed by atoms with E-state index in [1.54, 1.807) is 12.1 Å². The lowest BCUT2D eigenvalue weighted by Crippen LogP contribution is -2.49. The molecule has 0 saturated carbocycles. The zero-order chi connectivity index (χ0) is 16.4. The quantitative estimate of drug-likeness (QED) is 0.920. The molecular weight excluding hydrogens is 289 g/mol. The Morgan fingerprint density at radius 2 is 1.70 bits per heavy atom. The van der Waals surface area contributed by atoms with Crippen molar-refractivity contribution in [2.45, 2.75) is 57.3 Å². The van der Waals surface area contributed by atoms with Crippen molar-refractivity contribution < 1.29 is 4.39 Å². The first-order chi connectivity index (χ1) is 11.0. The summed E-state index contributed by atoms with van der Waals surface area (Å²) in [6.07, 6.45) is 3.63. The standard InChI is InChI=1S/C19H30FN3/c1-14(2)23-12-8-17(9-13-23)21-18-10-11-22(3)19(18)15-4-6-16(20)7-5-15/h4-7,14,17-19,21H,8-13H2,1-3H3/t18-,19-/m1/s1. The molecule has 2 aliphatic rings. The summed E-state index contributed by atoms with van der Waals surface area (Å²) < 4.78 is 13.2. The van der Waals surface area contributed by atoms with Crippen LogP contribution in [0.3, 0.4) is 0 Å². The van der Waals surface area contributed by atoms with Crippen LogP contribution in [-0.2, 0) is 0 Å². The molecule has 0 spiro atoms. The SMILES string of the molecule is CC(C)N1CCC(N[C@@H]2CCN(C)[C@@H]2c2ccc(F)cc2)CC1. The summed E-state index contributed by atoms with van der Waals surface area (Å²) in [6, 6.07) is 9.15. The highest BCUT2D eigenvalue weighted by atomic mass is 19.1. The van der Waals surface area contributed by atoms with Gasteiger partial charge in [0.25, 0.3) is 0 Å². The minimum absolute atomic E-state index is 0.153. The Bertz CT molecular complexity index is 494. The number of nitrogens with zero attached hydrogens (tertiary/aromatic N) is 2. The van der Waals surface area contributed by atoms with E-state index in [2.05, 4.69) is 36.0 Å². The molecule has 0 aromatic heterocycles. The van der Waals surface area contributed by atoms with E-state index in [1.165, 1.54) is 37.9 Å². The van der Waals surface area contributed by atoms with Crippen LogP contribution in [-0.4, -0.2) is 54.6 Å². The molecule has 2 atom stereocenters. The van der Waals surface area contributed by atoms with Crippen molar-refractivity contribution in [2.24, 2.45) is 0 Å². The maximum atomic E-state index is 13.2. The highest BCUT2D eigenvalue weighted by Crippen LogP contribution is 2.32. The lowest BCUT2D eigenvalue weighted by Gasteiger charge is -2.37. The van der Waals surface area contributed by atoms with Crippen molar-refractivity contribution in [2.75, 3.05) is 26.7 Å². The number of rotatable bonds is 4. The molecule has 0 unspecified atom stereocenters. The first kappa shape index (κ1) is 16.9. The molecule has 2 aliphatic heterocycles. The average Bonchev–Trinajstić information content (AvgIpc) is 2.89. The Balaban J connectivity index is 1.62. The lowest BCUT2D eigenvalue weighted by molar-refractivity contribution is 0.152. The number of halogens is 1. The van der Waals surface area contributed by atoms with E-state index >= 15 is 0 Å². The molecule has 3 rings (SSSR count). The molecule has 1 N–H and O–H groups in total. The van der Waals surface area contributed by atoms with Crippen molar-refractivity contribution in [3.63, 3.8) is 0 Å². The smallest absolute Gasteiger partial charge is 0.123 e. The van der Waals surface area contributed by atoms with Gasteiger partial charge in [-0.2, -0.15) is 0 Å². The summed E-state index contributed by atoms with van der Waals surface area (Å²) in [4.78, 5) is 4.96. The Kier molecular flexibility index (Phi) is 5.34. The fraction of sp³-hybridized carbons (Fsp3) is 0.684. The Morgan fingerprint density at radius 3 is 2.30 bits per heavy atom. The highest BCUT2D eigenvalue weighted by molar-refractivity contribution is 5.23. The maximum absolute atomic E-state index is 13.2. The van der Waals surface area contributed by atoms with E-state index in [9.17, 15) is 4.39 Å². The van der Waals surface area contributed by atoms with Crippen molar-refractivity contribution in [1.82, 2.24) is 15.1 Å². The summed E-state index contributed by atoms with van der Waals surface area (Å²) in [7, 11) is 2.18. The molecule has 0 bridgehead atoms. The third-order valence-corrected chi connectivity index (χ3v) is 5.57. The van der Waals surface area contributed by atoms with E-state index in [0.29, 0.717) is 24.2 Å². The third-order valence-electron chi connectivity index (χ3n) is 5.57. The fourth-order valence-electron chi connectivity index (χ4n) is 4.15. The summed E-state index contributed by atoms with van der Waals surface area (Å²) in [5.74, 6) is -0.153. The number of likely N-dealkylation sites (N-methyl/N-ethyl adjacent to an activating group) is 1. The van der Waals surface area contributed by atoms with Gasteiger partial charge >= 0.3 is 0 Å². The van der Waals surface area contributed by atoms with Crippen molar-refractivity contribution in [1.29, 1.82) is 0 Å². The summed E-state index contributed by atoms with van der Waals surface area (Å²) in [5, 5.41) is 3.91. The minimum Gasteiger partial charge on any atom is -0.309 e. The molecular formula is C19H30FN3. The molecule has 4 heteroatoms. The number of nitrogens with one attached hydrogen (secondary N) is 1. The van der Waals surface area contributed by atoms with E-state index in [1.807, 2.05) is 12.1 Å². The number of piperidine rings is 1. The monoisotopic (exact) mass is 319 g/mol. The third kappa shape index (κ3) is 3.93. The maximum Gasteiger partial charge on any atom is 0.123 e. The van der Waals surface area contributed by atoms with Gasteiger partial charge < -0.3 is 10.2 Å². The van der Waals surface area contributed by atoms with Crippen LogP contribution in [0, 0.1) is 5.82 Å². The zero-order valence-electron chi connectivity index (χ0n) is 14.6. The van der Waals surface area contributed by atoms with E-state index in [0.717, 1.165) is 6.54 Å². The molecule has 0 aliphatic carbocycles. The molecule has 0 radical (unpaired) electrons. The van der Waals surface area contributed by atoms with Crippen LogP contribution < -0.4 is 5.32 Å². The number of hydrogen-bond acceptors (Lipinski definition) is 3. The Labute approximate surface area is 139 Å². The zero-order valence-corrected chi connectivity index (χ0v) is 14.6. The highest BCUT2D eigenvalue weighted by Gasteiger charge is 2.34. The predicted octanol–water partition coefficient (Wildman–Crippen LogP) is 3.03. The minimum atomic E-state index is -0.153. The van der Waals surface area contributed by atoms with Gasteiger partial charge in [0.1, 0.15) is 5.82 Å². The van der Waals surface area contributed by atoms with Crippen LogP contribution >= 0.6 is 0 Å². The second kappa shape index (κ2) is 7.29. The molecule has 2 saturated heterocycles. The molecule has 1 aromatic carbocycles.